The summed E-state index contributed by atoms with van der Waals surface area (Å²) in [6.07, 6.45) is 2.65. The van der Waals surface area contributed by atoms with Crippen molar-refractivity contribution < 1.29 is 80.7 Å². The quantitative estimate of drug-likeness (QED) is 0.0286. The molecule has 0 aliphatic carbocycles. The van der Waals surface area contributed by atoms with Crippen LogP contribution in [0.15, 0.2) is 60.2 Å². The van der Waals surface area contributed by atoms with Crippen LogP contribution in [0.1, 0.15) is 96.0 Å². The number of aliphatic hydroxyl groups is 1. The summed E-state index contributed by atoms with van der Waals surface area (Å²) in [7, 11) is 5.38. The lowest BCUT2D eigenvalue weighted by Crippen LogP contribution is -2.63. The molecule has 4 aliphatic rings. The fourth-order valence-electron chi connectivity index (χ4n) is 10.4. The molecule has 88 heavy (non-hydrogen) atoms. The molecule has 6 rings (SSSR count). The molecule has 2 fully saturated rings. The van der Waals surface area contributed by atoms with Crippen LogP contribution >= 0.6 is 23.8 Å². The highest BCUT2D eigenvalue weighted by Crippen LogP contribution is 2.49. The van der Waals surface area contributed by atoms with Crippen molar-refractivity contribution in [3.8, 4) is 5.75 Å². The fourth-order valence-corrected chi connectivity index (χ4v) is 11.0. The van der Waals surface area contributed by atoms with E-state index in [1.807, 2.05) is 6.92 Å². The number of halogens is 3. The number of alkyl carbamates (subject to hydrolysis) is 1. The molecule has 0 radical (unpaired) electrons. The monoisotopic (exact) mass is 1270 g/mol. The lowest BCUT2D eigenvalue weighted by atomic mass is 9.83. The van der Waals surface area contributed by atoms with Crippen LogP contribution in [0.3, 0.4) is 0 Å². The second-order valence-corrected chi connectivity index (χ2v) is 23.4. The number of amides is 9. The third-order valence-electron chi connectivity index (χ3n) is 15.8. The van der Waals surface area contributed by atoms with Gasteiger partial charge in [-0.3, -0.25) is 39.0 Å². The van der Waals surface area contributed by atoms with Crippen LogP contribution in [0.4, 0.5) is 29.7 Å². The topological polar surface area (TPSA) is 331 Å². The highest BCUT2D eigenvalue weighted by molar-refractivity contribution is 7.80. The number of ether oxygens (including phenoxy) is 5. The van der Waals surface area contributed by atoms with E-state index in [0.29, 0.717) is 43.5 Å². The van der Waals surface area contributed by atoms with E-state index in [-0.39, 0.29) is 53.9 Å². The van der Waals surface area contributed by atoms with Crippen LogP contribution in [0.5, 0.6) is 5.75 Å². The molecular weight excluding hydrogens is 1190 g/mol. The number of imide groups is 1. The number of hydrogen-bond acceptors (Lipinski definition) is 16. The molecule has 2 saturated heterocycles. The van der Waals surface area contributed by atoms with Gasteiger partial charge in [0.25, 0.3) is 17.7 Å². The number of epoxide rings is 1. The number of unbranched alkanes of at least 4 members (excludes halogenated alkanes) is 1. The standard InChI is InChI=1S/C59H77ClF2N10O15S/c1-30(2)49(68-56(88)65-20-11-12-22-72-45(73)18-19-46(72)74)52(77)66-38(16-14-21-64-55(63)80)51(76)67-39-27-36(61)35(26-37(39)62)53(78)70(7)33(5)54(79)86-44-28-47(75)71(8)40-24-34(25-41(83-9)48(40)60)23-31(3)15-13-17-43(84-10)59(82)29-42(85-57(81)69-59)32(4)50-58(44,6)87-50/h13,15,17-19,24-27,30,32-33,38,42-44,49-50,82H,11-12,14,16,20-23,28-29H2,1-10H3,(H,66,77)(H,67,76)(H,69,81)(H3,63,64,80)(H2,65,68,88)/b17-13+,31-15+/t32-,33+,38+,42+,43-,44+,49+,50+,58+,59+/m1/s1. The Labute approximate surface area is 518 Å². The number of primary amides is 1. The lowest BCUT2D eigenvalue weighted by molar-refractivity contribution is -0.158. The molecular formula is C59H77ClF2N10O15S. The molecule has 10 atom stereocenters. The Morgan fingerprint density at radius 3 is 2.31 bits per heavy atom. The smallest absolute Gasteiger partial charge is 0.409 e. The van der Waals surface area contributed by atoms with E-state index in [4.69, 9.17) is 53.2 Å². The molecule has 29 heteroatoms. The lowest BCUT2D eigenvalue weighted by Gasteiger charge is -2.42. The number of methoxy groups -OCH3 is 2. The average molecular weight is 1270 g/mol. The van der Waals surface area contributed by atoms with Crippen LogP contribution < -0.4 is 47.3 Å². The summed E-state index contributed by atoms with van der Waals surface area (Å²) in [4.78, 5) is 122. The van der Waals surface area contributed by atoms with Gasteiger partial charge in [-0.05, 0) is 94.8 Å². The van der Waals surface area contributed by atoms with Crippen molar-refractivity contribution >= 4 is 93.8 Å². The number of benzene rings is 2. The van der Waals surface area contributed by atoms with Crippen molar-refractivity contribution in [1.29, 1.82) is 0 Å². The largest absolute Gasteiger partial charge is 0.495 e. The second-order valence-electron chi connectivity index (χ2n) is 22.6. The Kier molecular flexibility index (Phi) is 23.6. The Hall–Kier alpha value is -7.79. The van der Waals surface area contributed by atoms with Gasteiger partial charge in [0.2, 0.25) is 17.7 Å². The van der Waals surface area contributed by atoms with Crippen molar-refractivity contribution in [3.05, 3.63) is 88.0 Å². The molecule has 9 amide bonds. The number of carbonyl (C=O) groups excluding carboxylic acids is 9. The van der Waals surface area contributed by atoms with Gasteiger partial charge in [-0.2, -0.15) is 0 Å². The Bertz CT molecular complexity index is 3120. The maximum Gasteiger partial charge on any atom is 0.409 e. The molecule has 2 aromatic carbocycles. The van der Waals surface area contributed by atoms with Gasteiger partial charge in [-0.15, -0.1) is 0 Å². The summed E-state index contributed by atoms with van der Waals surface area (Å²) in [6, 6.07) is -0.374. The minimum absolute atomic E-state index is 0.0244. The van der Waals surface area contributed by atoms with Gasteiger partial charge in [0.15, 0.2) is 10.8 Å². The first-order valence-corrected chi connectivity index (χ1v) is 29.3. The maximum absolute atomic E-state index is 16.2. The van der Waals surface area contributed by atoms with E-state index >= 15 is 8.78 Å². The fraction of sp³-hybridized carbons (Fsp3) is 0.525. The van der Waals surface area contributed by atoms with Gasteiger partial charge in [0.1, 0.15) is 64.4 Å². The summed E-state index contributed by atoms with van der Waals surface area (Å²) >= 11 is 12.2. The molecule has 4 bridgehead atoms. The third kappa shape index (κ3) is 17.1. The number of nitrogens with one attached hydrogen (secondary N) is 6. The number of rotatable bonds is 21. The predicted molar refractivity (Wildman–Crippen MR) is 321 cm³/mol. The maximum atomic E-state index is 16.2. The summed E-state index contributed by atoms with van der Waals surface area (Å²) in [5.41, 5.74) is 1.97. The highest BCUT2D eigenvalue weighted by Gasteiger charge is 2.64. The molecule has 2 aromatic rings. The van der Waals surface area contributed by atoms with Crippen molar-refractivity contribution in [2.24, 2.45) is 17.6 Å². The average Bonchev–Trinajstić information content (AvgIpc) is 1.70. The summed E-state index contributed by atoms with van der Waals surface area (Å²) in [5.74, 6) is -8.92. The van der Waals surface area contributed by atoms with Crippen LogP contribution in [0.2, 0.25) is 5.02 Å². The molecule has 4 aliphatic heterocycles. The van der Waals surface area contributed by atoms with E-state index in [1.165, 1.54) is 45.2 Å². The third-order valence-corrected chi connectivity index (χ3v) is 16.5. The number of anilines is 2. The van der Waals surface area contributed by atoms with E-state index in [0.717, 1.165) is 22.4 Å². The molecule has 0 unspecified atom stereocenters. The molecule has 480 valence electrons. The van der Waals surface area contributed by atoms with Gasteiger partial charge in [0.05, 0.1) is 36.6 Å². The van der Waals surface area contributed by atoms with Crippen molar-refractivity contribution in [2.75, 3.05) is 58.2 Å². The van der Waals surface area contributed by atoms with Crippen molar-refractivity contribution in [3.63, 3.8) is 0 Å². The minimum atomic E-state index is -1.97. The van der Waals surface area contributed by atoms with Crippen LogP contribution in [-0.2, 0) is 54.1 Å². The number of nitrogens with zero attached hydrogens (tertiary/aromatic N) is 3. The van der Waals surface area contributed by atoms with Crippen LogP contribution in [0.25, 0.3) is 0 Å². The molecule has 25 nitrogen and oxygen atoms in total. The summed E-state index contributed by atoms with van der Waals surface area (Å²) in [6.45, 7) is 10.3. The molecule has 0 aromatic heterocycles. The zero-order valence-corrected chi connectivity index (χ0v) is 52.2. The van der Waals surface area contributed by atoms with E-state index in [1.54, 1.807) is 58.1 Å². The second kappa shape index (κ2) is 29.9. The van der Waals surface area contributed by atoms with E-state index < -0.39 is 149 Å². The zero-order chi connectivity index (χ0) is 65.1. The number of allylic oxidation sites excluding steroid dienone is 3. The first kappa shape index (κ1) is 69.3. The first-order valence-electron chi connectivity index (χ1n) is 28.5. The number of hydrogen-bond donors (Lipinski definition) is 8. The van der Waals surface area contributed by atoms with Crippen molar-refractivity contribution in [1.82, 2.24) is 36.4 Å². The number of fused-ring (bicyclic) bond motifs is 5. The summed E-state index contributed by atoms with van der Waals surface area (Å²) < 4.78 is 61.6. The van der Waals surface area contributed by atoms with Gasteiger partial charge < -0.3 is 70.9 Å². The van der Waals surface area contributed by atoms with E-state index in [9.17, 15) is 48.3 Å². The number of thiocarbonyl (C=S) groups is 1. The SMILES string of the molecule is COc1cc2cc(c1Cl)N(C)C(=O)C[C@H](OC(=O)[C@H](C)N(C)C(=O)c1cc(F)c(NC(=O)[C@H](CCCNC(N)=O)NC(=O)[C@@H](NC(=S)NCCCCN3C(=O)C=CC3=O)C(C)C)cc1F)[C@]1(C)O[C@H]1[C@H](C)[C@@H]1C[C@@](O)(NC(=O)O1)[C@H](OC)/C=C/C=C(\C)C2. The van der Waals surface area contributed by atoms with Crippen LogP contribution in [0, 0.1) is 23.5 Å². The van der Waals surface area contributed by atoms with Gasteiger partial charge in [-0.25, -0.2) is 23.2 Å². The first-order chi connectivity index (χ1) is 41.4. The Morgan fingerprint density at radius 1 is 0.977 bits per heavy atom. The number of likely N-dealkylation sites (N-methyl/N-ethyl adjacent to an activating group) is 1. The molecule has 0 saturated carbocycles. The Morgan fingerprint density at radius 2 is 1.66 bits per heavy atom. The molecule has 4 heterocycles. The van der Waals surface area contributed by atoms with Crippen molar-refractivity contribution in [2.45, 2.75) is 140 Å². The summed E-state index contributed by atoms with van der Waals surface area (Å²) in [5, 5.41) is 27.7. The zero-order valence-electron chi connectivity index (χ0n) is 50.6. The number of carbonyl (C=O) groups is 9. The van der Waals surface area contributed by atoms with Crippen LogP contribution in [-0.4, -0.2) is 175 Å². The number of esters is 1. The number of nitrogens with two attached hydrogens (primary N) is 1. The van der Waals surface area contributed by atoms with Gasteiger partial charge >= 0.3 is 18.1 Å². The molecule has 9 N–H and O–H groups in total. The Balaban J connectivity index is 1.18. The number of urea groups is 1. The highest BCUT2D eigenvalue weighted by atomic mass is 35.5. The van der Waals surface area contributed by atoms with Gasteiger partial charge in [0, 0.05) is 71.4 Å². The van der Waals surface area contributed by atoms with E-state index in [2.05, 4.69) is 31.9 Å². The normalized spacial score (nSPS) is 24.7. The minimum Gasteiger partial charge on any atom is -0.495 e. The predicted octanol–water partition coefficient (Wildman–Crippen LogP) is 4.17. The van der Waals surface area contributed by atoms with Gasteiger partial charge in [-0.1, -0.05) is 56.2 Å². The molecule has 0 spiro atoms.